The Hall–Kier alpha value is -2.93. The molecule has 4 rings (SSSR count). The van der Waals surface area contributed by atoms with E-state index in [9.17, 15) is 4.79 Å². The van der Waals surface area contributed by atoms with Crippen molar-refractivity contribution in [2.75, 3.05) is 4.90 Å². The quantitative estimate of drug-likeness (QED) is 0.525. The lowest BCUT2D eigenvalue weighted by Crippen LogP contribution is -2.29. The summed E-state index contributed by atoms with van der Waals surface area (Å²) >= 11 is 1.48. The first-order valence-corrected chi connectivity index (χ1v) is 8.98. The smallest absolute Gasteiger partial charge is 0.299 e. The molecule has 0 saturated carbocycles. The van der Waals surface area contributed by atoms with Gasteiger partial charge in [-0.25, -0.2) is 4.98 Å². The number of hydrogen-bond donors (Lipinski definition) is 0. The van der Waals surface area contributed by atoms with Crippen molar-refractivity contribution in [2.45, 2.75) is 27.3 Å². The van der Waals surface area contributed by atoms with Gasteiger partial charge in [-0.15, -0.1) is 0 Å². The van der Waals surface area contributed by atoms with Gasteiger partial charge in [0.2, 0.25) is 5.76 Å². The number of anilines is 1. The highest BCUT2D eigenvalue weighted by atomic mass is 32.1. The number of fused-ring (bicyclic) bond motifs is 1. The van der Waals surface area contributed by atoms with Gasteiger partial charge in [0.1, 0.15) is 5.76 Å². The lowest BCUT2D eigenvalue weighted by molar-refractivity contribution is 0.0947. The minimum absolute atomic E-state index is 0.182. The number of benzene rings is 1. The van der Waals surface area contributed by atoms with E-state index in [0.29, 0.717) is 16.6 Å². The number of aromatic nitrogens is 2. The molecule has 6 nitrogen and oxygen atoms in total. The van der Waals surface area contributed by atoms with Gasteiger partial charge in [0.05, 0.1) is 28.7 Å². The standard InChI is InChI=1S/C19H17N3O3S/c1-11-7-12(2)17-15(8-11)20-19(26-17)22(10-14-5-4-6-24-14)18(23)16-9-13(3)21-25-16/h4-9H,10H2,1-3H3. The van der Waals surface area contributed by atoms with Crippen LogP contribution in [0.15, 0.2) is 45.5 Å². The first-order chi connectivity index (χ1) is 12.5. The zero-order valence-electron chi connectivity index (χ0n) is 14.6. The first-order valence-electron chi connectivity index (χ1n) is 8.16. The summed E-state index contributed by atoms with van der Waals surface area (Å²) in [5.41, 5.74) is 3.82. The molecule has 0 aliphatic heterocycles. The highest BCUT2D eigenvalue weighted by Crippen LogP contribution is 2.33. The van der Waals surface area contributed by atoms with Gasteiger partial charge >= 0.3 is 0 Å². The average molecular weight is 367 g/mol. The predicted molar refractivity (Wildman–Crippen MR) is 99.6 cm³/mol. The zero-order valence-corrected chi connectivity index (χ0v) is 15.5. The fraction of sp³-hybridized carbons (Fsp3) is 0.211. The van der Waals surface area contributed by atoms with E-state index in [4.69, 9.17) is 8.94 Å². The Balaban J connectivity index is 1.79. The minimum Gasteiger partial charge on any atom is -0.467 e. The third-order valence-electron chi connectivity index (χ3n) is 4.02. The Labute approximate surface area is 154 Å². The van der Waals surface area contributed by atoms with E-state index in [2.05, 4.69) is 23.1 Å². The van der Waals surface area contributed by atoms with Gasteiger partial charge in [-0.1, -0.05) is 22.6 Å². The van der Waals surface area contributed by atoms with Crippen LogP contribution in [0.3, 0.4) is 0 Å². The van der Waals surface area contributed by atoms with Crippen LogP contribution in [0, 0.1) is 20.8 Å². The second-order valence-corrected chi connectivity index (χ2v) is 7.21. The maximum Gasteiger partial charge on any atom is 0.299 e. The van der Waals surface area contributed by atoms with E-state index in [0.717, 1.165) is 21.3 Å². The van der Waals surface area contributed by atoms with E-state index in [1.165, 1.54) is 11.3 Å². The van der Waals surface area contributed by atoms with Crippen LogP contribution < -0.4 is 4.90 Å². The van der Waals surface area contributed by atoms with Gasteiger partial charge in [-0.3, -0.25) is 9.69 Å². The molecule has 0 aliphatic carbocycles. The van der Waals surface area contributed by atoms with Crippen LogP contribution in [-0.2, 0) is 6.54 Å². The lowest BCUT2D eigenvalue weighted by atomic mass is 10.1. The van der Waals surface area contributed by atoms with Gasteiger partial charge in [-0.05, 0) is 50.1 Å². The maximum absolute atomic E-state index is 13.0. The number of hydrogen-bond acceptors (Lipinski definition) is 6. The number of nitrogens with zero attached hydrogens (tertiary/aromatic N) is 3. The van der Waals surface area contributed by atoms with Crippen LogP contribution in [0.4, 0.5) is 5.13 Å². The van der Waals surface area contributed by atoms with Crippen molar-refractivity contribution in [3.8, 4) is 0 Å². The number of aryl methyl sites for hydroxylation is 3. The average Bonchev–Trinajstić information content (AvgIpc) is 3.32. The molecule has 0 saturated heterocycles. The van der Waals surface area contributed by atoms with Crippen molar-refractivity contribution in [3.63, 3.8) is 0 Å². The van der Waals surface area contributed by atoms with Crippen LogP contribution in [-0.4, -0.2) is 16.0 Å². The molecule has 0 aliphatic rings. The van der Waals surface area contributed by atoms with E-state index >= 15 is 0 Å². The number of carbonyl (C=O) groups is 1. The molecule has 0 N–H and O–H groups in total. The summed E-state index contributed by atoms with van der Waals surface area (Å²) in [6, 6.07) is 9.39. The Morgan fingerprint density at radius 3 is 2.77 bits per heavy atom. The predicted octanol–water partition coefficient (Wildman–Crippen LogP) is 4.65. The van der Waals surface area contributed by atoms with Crippen molar-refractivity contribution in [2.24, 2.45) is 0 Å². The summed E-state index contributed by atoms with van der Waals surface area (Å²) in [7, 11) is 0. The van der Waals surface area contributed by atoms with Gasteiger partial charge in [0.25, 0.3) is 5.91 Å². The number of thiazole rings is 1. The summed E-state index contributed by atoms with van der Waals surface area (Å²) in [4.78, 5) is 19.3. The molecule has 26 heavy (non-hydrogen) atoms. The summed E-state index contributed by atoms with van der Waals surface area (Å²) in [6.07, 6.45) is 1.59. The first kappa shape index (κ1) is 16.5. The highest BCUT2D eigenvalue weighted by Gasteiger charge is 2.26. The van der Waals surface area contributed by atoms with Crippen molar-refractivity contribution >= 4 is 32.6 Å². The highest BCUT2D eigenvalue weighted by molar-refractivity contribution is 7.22. The summed E-state index contributed by atoms with van der Waals surface area (Å²) < 4.78 is 11.7. The zero-order chi connectivity index (χ0) is 18.3. The Bertz CT molecular complexity index is 1080. The maximum atomic E-state index is 13.0. The fourth-order valence-corrected chi connectivity index (χ4v) is 3.88. The number of furan rings is 1. The molecule has 1 amide bonds. The Kier molecular flexibility index (Phi) is 4.08. The van der Waals surface area contributed by atoms with Crippen molar-refractivity contribution in [3.05, 3.63) is 64.9 Å². The largest absolute Gasteiger partial charge is 0.467 e. The van der Waals surface area contributed by atoms with E-state index in [1.54, 1.807) is 30.2 Å². The van der Waals surface area contributed by atoms with Gasteiger partial charge in [-0.2, -0.15) is 0 Å². The molecule has 0 fully saturated rings. The fourth-order valence-electron chi connectivity index (χ4n) is 2.86. The minimum atomic E-state index is -0.296. The number of amides is 1. The molecule has 0 bridgehead atoms. The molecule has 1 aromatic carbocycles. The second kappa shape index (κ2) is 6.42. The molecule has 0 spiro atoms. The number of rotatable bonds is 4. The van der Waals surface area contributed by atoms with Crippen LogP contribution in [0.25, 0.3) is 10.2 Å². The molecular formula is C19H17N3O3S. The monoisotopic (exact) mass is 367 g/mol. The second-order valence-electron chi connectivity index (χ2n) is 6.23. The molecule has 3 heterocycles. The van der Waals surface area contributed by atoms with Crippen molar-refractivity contribution in [1.82, 2.24) is 10.1 Å². The van der Waals surface area contributed by atoms with Crippen LogP contribution in [0.1, 0.15) is 33.1 Å². The molecule has 0 radical (unpaired) electrons. The Morgan fingerprint density at radius 2 is 2.08 bits per heavy atom. The molecular weight excluding hydrogens is 350 g/mol. The molecule has 7 heteroatoms. The molecule has 4 aromatic rings. The molecule has 0 unspecified atom stereocenters. The van der Waals surface area contributed by atoms with E-state index in [-0.39, 0.29) is 18.2 Å². The third kappa shape index (κ3) is 3.01. The van der Waals surface area contributed by atoms with Crippen LogP contribution in [0.2, 0.25) is 0 Å². The van der Waals surface area contributed by atoms with Crippen molar-refractivity contribution in [1.29, 1.82) is 0 Å². The summed E-state index contributed by atoms with van der Waals surface area (Å²) in [5, 5.41) is 4.42. The lowest BCUT2D eigenvalue weighted by Gasteiger charge is -2.16. The van der Waals surface area contributed by atoms with Gasteiger partial charge in [0.15, 0.2) is 5.13 Å². The van der Waals surface area contributed by atoms with E-state index in [1.807, 2.05) is 19.1 Å². The van der Waals surface area contributed by atoms with Gasteiger partial charge in [0, 0.05) is 6.07 Å². The van der Waals surface area contributed by atoms with Crippen LogP contribution >= 0.6 is 11.3 Å². The molecule has 0 atom stereocenters. The Morgan fingerprint density at radius 1 is 1.23 bits per heavy atom. The van der Waals surface area contributed by atoms with Crippen molar-refractivity contribution < 1.29 is 13.7 Å². The number of carbonyl (C=O) groups excluding carboxylic acids is 1. The molecule has 132 valence electrons. The third-order valence-corrected chi connectivity index (χ3v) is 5.25. The molecule has 3 aromatic heterocycles. The van der Waals surface area contributed by atoms with Crippen LogP contribution in [0.5, 0.6) is 0 Å². The SMILES string of the molecule is Cc1cc(C)c2sc(N(Cc3ccco3)C(=O)c3cc(C)no3)nc2c1. The summed E-state index contributed by atoms with van der Waals surface area (Å²) in [6.45, 7) is 6.13. The summed E-state index contributed by atoms with van der Waals surface area (Å²) in [5.74, 6) is 0.554. The topological polar surface area (TPSA) is 72.4 Å². The van der Waals surface area contributed by atoms with E-state index < -0.39 is 0 Å². The van der Waals surface area contributed by atoms with Gasteiger partial charge < -0.3 is 8.94 Å². The normalized spacial score (nSPS) is 11.2.